The van der Waals surface area contributed by atoms with Gasteiger partial charge in [0.2, 0.25) is 0 Å². The largest absolute Gasteiger partial charge is 0.320 e. The molecule has 0 atom stereocenters. The molecule has 4 nitrogen and oxygen atoms in total. The van der Waals surface area contributed by atoms with E-state index in [4.69, 9.17) is 23.2 Å². The van der Waals surface area contributed by atoms with E-state index in [2.05, 4.69) is 10.4 Å². The molecule has 1 aromatic heterocycles. The third-order valence-corrected chi connectivity index (χ3v) is 3.47. The van der Waals surface area contributed by atoms with E-state index in [1.165, 1.54) is 16.8 Å². The van der Waals surface area contributed by atoms with E-state index in [1.807, 2.05) is 0 Å². The SMILES string of the molecule is O=C(Nc1cc(Cl)cc(Cl)c1)c1ccn(-c2ccc(F)cc2)n1. The van der Waals surface area contributed by atoms with Gasteiger partial charge in [0.15, 0.2) is 5.69 Å². The summed E-state index contributed by atoms with van der Waals surface area (Å²) in [4.78, 5) is 12.2. The van der Waals surface area contributed by atoms with Gasteiger partial charge in [0.25, 0.3) is 5.91 Å². The highest BCUT2D eigenvalue weighted by molar-refractivity contribution is 6.35. The van der Waals surface area contributed by atoms with Crippen molar-refractivity contribution < 1.29 is 9.18 Å². The third kappa shape index (κ3) is 3.70. The van der Waals surface area contributed by atoms with Crippen molar-refractivity contribution in [3.05, 3.63) is 76.3 Å². The fourth-order valence-corrected chi connectivity index (χ4v) is 2.53. The molecule has 23 heavy (non-hydrogen) atoms. The Hall–Kier alpha value is -2.37. The van der Waals surface area contributed by atoms with Crippen molar-refractivity contribution in [2.75, 3.05) is 5.32 Å². The summed E-state index contributed by atoms with van der Waals surface area (Å²) in [6.45, 7) is 0. The van der Waals surface area contributed by atoms with Crippen molar-refractivity contribution in [3.63, 3.8) is 0 Å². The van der Waals surface area contributed by atoms with E-state index in [9.17, 15) is 9.18 Å². The second kappa shape index (κ2) is 6.40. The lowest BCUT2D eigenvalue weighted by atomic mass is 10.3. The predicted molar refractivity (Wildman–Crippen MR) is 87.9 cm³/mol. The van der Waals surface area contributed by atoms with Gasteiger partial charge in [-0.25, -0.2) is 9.07 Å². The number of benzene rings is 2. The Morgan fingerprint density at radius 3 is 2.35 bits per heavy atom. The first-order chi connectivity index (χ1) is 11.0. The van der Waals surface area contributed by atoms with Gasteiger partial charge in [-0.1, -0.05) is 23.2 Å². The summed E-state index contributed by atoms with van der Waals surface area (Å²) in [5.74, 6) is -0.735. The molecule has 2 aromatic carbocycles. The van der Waals surface area contributed by atoms with Gasteiger partial charge in [0.1, 0.15) is 5.82 Å². The van der Waals surface area contributed by atoms with E-state index < -0.39 is 5.91 Å². The lowest BCUT2D eigenvalue weighted by Gasteiger charge is -2.05. The normalized spacial score (nSPS) is 10.6. The van der Waals surface area contributed by atoms with Crippen molar-refractivity contribution in [3.8, 4) is 5.69 Å². The van der Waals surface area contributed by atoms with Gasteiger partial charge in [-0.2, -0.15) is 5.10 Å². The summed E-state index contributed by atoms with van der Waals surface area (Å²) in [6.07, 6.45) is 1.62. The Balaban J connectivity index is 1.79. The lowest BCUT2D eigenvalue weighted by molar-refractivity contribution is 0.102. The van der Waals surface area contributed by atoms with E-state index in [0.717, 1.165) is 0 Å². The summed E-state index contributed by atoms with van der Waals surface area (Å²) in [7, 11) is 0. The molecule has 1 N–H and O–H groups in total. The molecule has 116 valence electrons. The van der Waals surface area contributed by atoms with Gasteiger partial charge in [-0.3, -0.25) is 4.79 Å². The number of hydrogen-bond donors (Lipinski definition) is 1. The maximum absolute atomic E-state index is 12.9. The average Bonchev–Trinajstić information content (AvgIpc) is 2.97. The number of hydrogen-bond acceptors (Lipinski definition) is 2. The highest BCUT2D eigenvalue weighted by Gasteiger charge is 2.11. The smallest absolute Gasteiger partial charge is 0.276 e. The fourth-order valence-electron chi connectivity index (χ4n) is 2.00. The number of anilines is 1. The maximum atomic E-state index is 12.9. The van der Waals surface area contributed by atoms with Crippen LogP contribution < -0.4 is 5.32 Å². The molecule has 0 saturated heterocycles. The van der Waals surface area contributed by atoms with Crippen LogP contribution in [0.3, 0.4) is 0 Å². The number of nitrogens with one attached hydrogen (secondary N) is 1. The molecule has 0 radical (unpaired) electrons. The molecule has 3 rings (SSSR count). The number of halogens is 3. The minimum atomic E-state index is -0.399. The molecule has 3 aromatic rings. The van der Waals surface area contributed by atoms with Gasteiger partial charge < -0.3 is 5.32 Å². The van der Waals surface area contributed by atoms with Crippen molar-refractivity contribution in [2.45, 2.75) is 0 Å². The summed E-state index contributed by atoms with van der Waals surface area (Å²) < 4.78 is 14.4. The van der Waals surface area contributed by atoms with Gasteiger partial charge in [-0.15, -0.1) is 0 Å². The Labute approximate surface area is 141 Å². The maximum Gasteiger partial charge on any atom is 0.276 e. The molecular weight excluding hydrogens is 340 g/mol. The number of aromatic nitrogens is 2. The molecule has 0 bridgehead atoms. The topological polar surface area (TPSA) is 46.9 Å². The second-order valence-electron chi connectivity index (χ2n) is 4.73. The van der Waals surface area contributed by atoms with Crippen LogP contribution in [0.25, 0.3) is 5.69 Å². The summed E-state index contributed by atoms with van der Waals surface area (Å²) in [6, 6.07) is 12.1. The van der Waals surface area contributed by atoms with E-state index in [-0.39, 0.29) is 11.5 Å². The zero-order valence-corrected chi connectivity index (χ0v) is 13.1. The van der Waals surface area contributed by atoms with Crippen molar-refractivity contribution in [1.29, 1.82) is 0 Å². The molecule has 0 aliphatic heterocycles. The van der Waals surface area contributed by atoms with Crippen LogP contribution >= 0.6 is 23.2 Å². The van der Waals surface area contributed by atoms with Crippen molar-refractivity contribution in [1.82, 2.24) is 9.78 Å². The number of rotatable bonds is 3. The van der Waals surface area contributed by atoms with Crippen LogP contribution in [0.2, 0.25) is 10.0 Å². The lowest BCUT2D eigenvalue weighted by Crippen LogP contribution is -2.13. The molecule has 0 unspecified atom stereocenters. The Morgan fingerprint density at radius 1 is 1.04 bits per heavy atom. The molecule has 7 heteroatoms. The molecule has 1 heterocycles. The first-order valence-electron chi connectivity index (χ1n) is 6.60. The summed E-state index contributed by atoms with van der Waals surface area (Å²) >= 11 is 11.8. The Bertz CT molecular complexity index is 842. The van der Waals surface area contributed by atoms with E-state index in [0.29, 0.717) is 21.4 Å². The highest BCUT2D eigenvalue weighted by Crippen LogP contribution is 2.22. The first kappa shape index (κ1) is 15.5. The van der Waals surface area contributed by atoms with Crippen LogP contribution in [0, 0.1) is 5.82 Å². The quantitative estimate of drug-likeness (QED) is 0.752. The van der Waals surface area contributed by atoms with Crippen LogP contribution in [-0.4, -0.2) is 15.7 Å². The molecule has 0 aliphatic rings. The predicted octanol–water partition coefficient (Wildman–Crippen LogP) is 4.57. The first-order valence-corrected chi connectivity index (χ1v) is 7.36. The number of amides is 1. The Kier molecular flexibility index (Phi) is 4.32. The number of carbonyl (C=O) groups excluding carboxylic acids is 1. The van der Waals surface area contributed by atoms with Gasteiger partial charge in [0.05, 0.1) is 5.69 Å². The standard InChI is InChI=1S/C16H10Cl2FN3O/c17-10-7-11(18)9-13(8-10)20-16(23)15-5-6-22(21-15)14-3-1-12(19)2-4-14/h1-9H,(H,20,23). The summed E-state index contributed by atoms with van der Waals surface area (Å²) in [5, 5.41) is 7.68. The molecule has 0 aliphatic carbocycles. The van der Waals surface area contributed by atoms with E-state index in [1.54, 1.807) is 42.6 Å². The number of carbonyl (C=O) groups is 1. The van der Waals surface area contributed by atoms with Crippen LogP contribution in [-0.2, 0) is 0 Å². The fraction of sp³-hybridized carbons (Fsp3) is 0. The van der Waals surface area contributed by atoms with Crippen LogP contribution in [0.5, 0.6) is 0 Å². The average molecular weight is 350 g/mol. The zero-order chi connectivity index (χ0) is 16.4. The highest BCUT2D eigenvalue weighted by atomic mass is 35.5. The van der Waals surface area contributed by atoms with E-state index >= 15 is 0 Å². The third-order valence-electron chi connectivity index (χ3n) is 3.03. The molecule has 1 amide bonds. The summed E-state index contributed by atoms with van der Waals surface area (Å²) in [5.41, 5.74) is 1.34. The molecule has 0 saturated carbocycles. The molecular formula is C16H10Cl2FN3O. The van der Waals surface area contributed by atoms with Crippen molar-refractivity contribution >= 4 is 34.8 Å². The zero-order valence-electron chi connectivity index (χ0n) is 11.6. The minimum Gasteiger partial charge on any atom is -0.320 e. The Morgan fingerprint density at radius 2 is 1.70 bits per heavy atom. The van der Waals surface area contributed by atoms with Crippen LogP contribution in [0.1, 0.15) is 10.5 Å². The van der Waals surface area contributed by atoms with Crippen LogP contribution in [0.15, 0.2) is 54.7 Å². The van der Waals surface area contributed by atoms with Gasteiger partial charge in [-0.05, 0) is 48.5 Å². The van der Waals surface area contributed by atoms with Crippen molar-refractivity contribution in [2.24, 2.45) is 0 Å². The van der Waals surface area contributed by atoms with Gasteiger partial charge >= 0.3 is 0 Å². The minimum absolute atomic E-state index is 0.213. The molecule has 0 fully saturated rings. The molecule has 0 spiro atoms. The van der Waals surface area contributed by atoms with Gasteiger partial charge in [0, 0.05) is 21.9 Å². The monoisotopic (exact) mass is 349 g/mol. The number of nitrogens with zero attached hydrogens (tertiary/aromatic N) is 2. The second-order valence-corrected chi connectivity index (χ2v) is 5.61. The van der Waals surface area contributed by atoms with Crippen LogP contribution in [0.4, 0.5) is 10.1 Å².